The summed E-state index contributed by atoms with van der Waals surface area (Å²) in [7, 11) is 3.84. The maximum atomic E-state index is 12.5. The molecular weight excluding hydrogens is 358 g/mol. The lowest BCUT2D eigenvalue weighted by Crippen LogP contribution is -2.44. The molecule has 1 N–H and O–H groups in total. The predicted molar refractivity (Wildman–Crippen MR) is 92.5 cm³/mol. The summed E-state index contributed by atoms with van der Waals surface area (Å²) in [5.74, 6) is 0.311. The fourth-order valence-corrected chi connectivity index (χ4v) is 2.84. The quantitative estimate of drug-likeness (QED) is 0.643. The molecule has 0 spiro atoms. The third-order valence-corrected chi connectivity index (χ3v) is 4.49. The zero-order valence-electron chi connectivity index (χ0n) is 13.3. The van der Waals surface area contributed by atoms with Crippen molar-refractivity contribution in [1.82, 2.24) is 14.8 Å². The third kappa shape index (κ3) is 4.78. The largest absolute Gasteiger partial charge is 0.345 e. The standard InChI is InChI=1S/C16H20BrN5O/c1-21-7-4-14(5-8-21)22(2)16(23)12(10-18)11-20-15-9-13(17)3-6-19-15/h3,6,9,11,14H,4-5,7-8H2,1-2H3,(H,19,20)/b12-11-. The second-order valence-electron chi connectivity index (χ2n) is 5.62. The van der Waals surface area contributed by atoms with Crippen LogP contribution in [0.4, 0.5) is 5.82 Å². The minimum Gasteiger partial charge on any atom is -0.345 e. The van der Waals surface area contributed by atoms with Gasteiger partial charge < -0.3 is 15.1 Å². The fourth-order valence-electron chi connectivity index (χ4n) is 2.51. The van der Waals surface area contributed by atoms with Gasteiger partial charge in [0, 0.05) is 30.0 Å². The van der Waals surface area contributed by atoms with Gasteiger partial charge in [0.1, 0.15) is 17.5 Å². The van der Waals surface area contributed by atoms with Gasteiger partial charge in [-0.15, -0.1) is 0 Å². The molecule has 122 valence electrons. The molecule has 0 unspecified atom stereocenters. The monoisotopic (exact) mass is 377 g/mol. The molecule has 0 saturated carbocycles. The van der Waals surface area contributed by atoms with Crippen LogP contribution in [-0.2, 0) is 4.79 Å². The number of halogens is 1. The van der Waals surface area contributed by atoms with Crippen molar-refractivity contribution in [3.8, 4) is 6.07 Å². The molecule has 6 nitrogen and oxygen atoms in total. The van der Waals surface area contributed by atoms with Crippen LogP contribution in [-0.4, -0.2) is 53.9 Å². The first-order valence-electron chi connectivity index (χ1n) is 7.45. The Labute approximate surface area is 144 Å². The van der Waals surface area contributed by atoms with Crippen LogP contribution in [0.25, 0.3) is 0 Å². The molecule has 0 aromatic carbocycles. The number of amides is 1. The molecule has 1 aliphatic heterocycles. The molecule has 1 saturated heterocycles. The summed E-state index contributed by atoms with van der Waals surface area (Å²) < 4.78 is 0.872. The highest BCUT2D eigenvalue weighted by Gasteiger charge is 2.25. The lowest BCUT2D eigenvalue weighted by Gasteiger charge is -2.34. The number of likely N-dealkylation sites (N-methyl/N-ethyl adjacent to an activating group) is 1. The number of nitrogens with one attached hydrogen (secondary N) is 1. The number of likely N-dealkylation sites (tertiary alicyclic amines) is 1. The Bertz CT molecular complexity index is 632. The fraction of sp³-hybridized carbons (Fsp3) is 0.438. The number of nitriles is 1. The van der Waals surface area contributed by atoms with Gasteiger partial charge in [0.15, 0.2) is 0 Å². The molecule has 2 heterocycles. The lowest BCUT2D eigenvalue weighted by molar-refractivity contribution is -0.128. The summed E-state index contributed by atoms with van der Waals surface area (Å²) in [6.45, 7) is 1.93. The summed E-state index contributed by atoms with van der Waals surface area (Å²) in [6.07, 6.45) is 4.91. The lowest BCUT2D eigenvalue weighted by atomic mass is 10.0. The summed E-state index contributed by atoms with van der Waals surface area (Å²) in [5.41, 5.74) is 0.0770. The van der Waals surface area contributed by atoms with E-state index in [2.05, 4.69) is 38.2 Å². The number of hydrogen-bond donors (Lipinski definition) is 1. The normalized spacial score (nSPS) is 16.7. The molecule has 1 fully saturated rings. The minimum absolute atomic E-state index is 0.0770. The van der Waals surface area contributed by atoms with Crippen LogP contribution in [0.1, 0.15) is 12.8 Å². The zero-order valence-corrected chi connectivity index (χ0v) is 14.9. The number of pyridine rings is 1. The van der Waals surface area contributed by atoms with Gasteiger partial charge in [-0.3, -0.25) is 4.79 Å². The van der Waals surface area contributed by atoms with Crippen molar-refractivity contribution >= 4 is 27.7 Å². The van der Waals surface area contributed by atoms with Crippen molar-refractivity contribution in [1.29, 1.82) is 5.26 Å². The Balaban J connectivity index is 2.03. The van der Waals surface area contributed by atoms with E-state index < -0.39 is 0 Å². The SMILES string of the molecule is CN1CCC(N(C)C(=O)/C(C#N)=C\Nc2cc(Br)ccn2)CC1. The molecule has 7 heteroatoms. The Hall–Kier alpha value is -1.91. The predicted octanol–water partition coefficient (Wildman–Crippen LogP) is 2.22. The Morgan fingerprint density at radius 1 is 1.57 bits per heavy atom. The van der Waals surface area contributed by atoms with Crippen molar-refractivity contribution in [3.05, 3.63) is 34.6 Å². The van der Waals surface area contributed by atoms with E-state index in [9.17, 15) is 10.1 Å². The van der Waals surface area contributed by atoms with E-state index >= 15 is 0 Å². The first-order chi connectivity index (χ1) is 11.0. The molecular formula is C16H20BrN5O. The van der Waals surface area contributed by atoms with Crippen molar-refractivity contribution < 1.29 is 4.79 Å². The van der Waals surface area contributed by atoms with Crippen molar-refractivity contribution in [2.24, 2.45) is 0 Å². The number of carbonyl (C=O) groups excluding carboxylic acids is 1. The van der Waals surface area contributed by atoms with Gasteiger partial charge in [-0.25, -0.2) is 4.98 Å². The van der Waals surface area contributed by atoms with E-state index in [0.717, 1.165) is 30.4 Å². The molecule has 1 aromatic rings. The number of aromatic nitrogens is 1. The number of rotatable bonds is 4. The van der Waals surface area contributed by atoms with Crippen molar-refractivity contribution in [2.45, 2.75) is 18.9 Å². The molecule has 2 rings (SSSR count). The molecule has 1 aromatic heterocycles. The maximum absolute atomic E-state index is 12.5. The van der Waals surface area contributed by atoms with E-state index in [4.69, 9.17) is 0 Å². The van der Waals surface area contributed by atoms with Crippen LogP contribution >= 0.6 is 15.9 Å². The average Bonchev–Trinajstić information content (AvgIpc) is 2.55. The molecule has 0 radical (unpaired) electrons. The van der Waals surface area contributed by atoms with Gasteiger partial charge >= 0.3 is 0 Å². The second kappa shape index (κ2) is 8.09. The van der Waals surface area contributed by atoms with Crippen LogP contribution in [0.5, 0.6) is 0 Å². The molecule has 0 bridgehead atoms. The van der Waals surface area contributed by atoms with Crippen molar-refractivity contribution in [2.75, 3.05) is 32.5 Å². The van der Waals surface area contributed by atoms with Gasteiger partial charge in [0.05, 0.1) is 0 Å². The summed E-state index contributed by atoms with van der Waals surface area (Å²) in [6, 6.07) is 5.73. The third-order valence-electron chi connectivity index (χ3n) is 3.99. The van der Waals surface area contributed by atoms with Crippen LogP contribution in [0.3, 0.4) is 0 Å². The van der Waals surface area contributed by atoms with Crippen molar-refractivity contribution in [3.63, 3.8) is 0 Å². The van der Waals surface area contributed by atoms with Gasteiger partial charge in [0.2, 0.25) is 0 Å². The van der Waals surface area contributed by atoms with Crippen LogP contribution in [0.15, 0.2) is 34.6 Å². The molecule has 0 aliphatic carbocycles. The highest BCUT2D eigenvalue weighted by Crippen LogP contribution is 2.17. The number of piperidine rings is 1. The maximum Gasteiger partial charge on any atom is 0.266 e. The highest BCUT2D eigenvalue weighted by molar-refractivity contribution is 9.10. The first kappa shape index (κ1) is 17.4. The van der Waals surface area contributed by atoms with E-state index in [1.165, 1.54) is 6.20 Å². The molecule has 1 aliphatic rings. The Morgan fingerprint density at radius 2 is 2.26 bits per heavy atom. The molecule has 23 heavy (non-hydrogen) atoms. The number of anilines is 1. The molecule has 1 amide bonds. The van der Waals surface area contributed by atoms with E-state index in [0.29, 0.717) is 5.82 Å². The molecule has 0 atom stereocenters. The topological polar surface area (TPSA) is 72.3 Å². The summed E-state index contributed by atoms with van der Waals surface area (Å²) in [5, 5.41) is 12.2. The minimum atomic E-state index is -0.260. The number of carbonyl (C=O) groups is 1. The van der Waals surface area contributed by atoms with Gasteiger partial charge in [-0.05, 0) is 45.1 Å². The van der Waals surface area contributed by atoms with Gasteiger partial charge in [-0.1, -0.05) is 15.9 Å². The number of hydrogen-bond acceptors (Lipinski definition) is 5. The van der Waals surface area contributed by atoms with Crippen LogP contribution in [0.2, 0.25) is 0 Å². The summed E-state index contributed by atoms with van der Waals surface area (Å²) in [4.78, 5) is 20.5. The first-order valence-corrected chi connectivity index (χ1v) is 8.24. The average molecular weight is 378 g/mol. The van der Waals surface area contributed by atoms with Crippen LogP contribution < -0.4 is 5.32 Å². The number of nitrogens with zero attached hydrogens (tertiary/aromatic N) is 4. The van der Waals surface area contributed by atoms with E-state index in [1.54, 1.807) is 30.3 Å². The van der Waals surface area contributed by atoms with E-state index in [-0.39, 0.29) is 17.5 Å². The van der Waals surface area contributed by atoms with Gasteiger partial charge in [-0.2, -0.15) is 5.26 Å². The second-order valence-corrected chi connectivity index (χ2v) is 6.54. The summed E-state index contributed by atoms with van der Waals surface area (Å²) >= 11 is 3.35. The van der Waals surface area contributed by atoms with Gasteiger partial charge in [0.25, 0.3) is 5.91 Å². The van der Waals surface area contributed by atoms with E-state index in [1.807, 2.05) is 6.07 Å². The van der Waals surface area contributed by atoms with Crippen LogP contribution in [0, 0.1) is 11.3 Å². The smallest absolute Gasteiger partial charge is 0.266 e. The highest BCUT2D eigenvalue weighted by atomic mass is 79.9. The Morgan fingerprint density at radius 3 is 2.87 bits per heavy atom. The zero-order chi connectivity index (χ0) is 16.8. The Kier molecular flexibility index (Phi) is 6.13.